The van der Waals surface area contributed by atoms with Crippen LogP contribution >= 0.6 is 0 Å². The number of halogens is 1. The highest BCUT2D eigenvalue weighted by Gasteiger charge is 2.70. The second-order valence-corrected chi connectivity index (χ2v) is 10.3. The third-order valence-corrected chi connectivity index (χ3v) is 8.11. The lowest BCUT2D eigenvalue weighted by atomic mass is 9.75. The first kappa shape index (κ1) is 22.1. The highest BCUT2D eigenvalue weighted by atomic mass is 19.1. The third kappa shape index (κ3) is 2.63. The standard InChI is InChI=1S/C29H23FN4O3/c1-15(2)24-22-23(27(37)33(26(22)36)21-14-8-5-11-18(21)30)29(32-24)17-10-4-7-13-20(17)34-25(35)16-9-3-6-12-19(16)31-28(29)34/h3-15,22-24,32H,1-2H3. The van der Waals surface area contributed by atoms with Crippen LogP contribution in [0.3, 0.4) is 0 Å². The van der Waals surface area contributed by atoms with Gasteiger partial charge in [-0.05, 0) is 36.2 Å². The summed E-state index contributed by atoms with van der Waals surface area (Å²) in [5.41, 5.74) is 0.330. The van der Waals surface area contributed by atoms with Crippen LogP contribution in [0.5, 0.6) is 0 Å². The Morgan fingerprint density at radius 3 is 2.32 bits per heavy atom. The third-order valence-electron chi connectivity index (χ3n) is 8.11. The van der Waals surface area contributed by atoms with Gasteiger partial charge >= 0.3 is 0 Å². The molecule has 4 aromatic rings. The van der Waals surface area contributed by atoms with Gasteiger partial charge in [0, 0.05) is 11.6 Å². The molecule has 7 rings (SSSR count). The fourth-order valence-electron chi connectivity index (χ4n) is 6.59. The summed E-state index contributed by atoms with van der Waals surface area (Å²) in [6.45, 7) is 3.97. The van der Waals surface area contributed by atoms with Crippen LogP contribution in [-0.4, -0.2) is 27.4 Å². The Balaban J connectivity index is 1.55. The number of carbonyl (C=O) groups excluding carboxylic acids is 2. The second kappa shape index (κ2) is 7.43. The summed E-state index contributed by atoms with van der Waals surface area (Å²) in [6, 6.07) is 19.9. The number of carbonyl (C=O) groups is 2. The van der Waals surface area contributed by atoms with Crippen molar-refractivity contribution in [2.24, 2.45) is 17.8 Å². The summed E-state index contributed by atoms with van der Waals surface area (Å²) in [4.78, 5) is 47.9. The van der Waals surface area contributed by atoms with Gasteiger partial charge in [0.15, 0.2) is 0 Å². The lowest BCUT2D eigenvalue weighted by Gasteiger charge is -2.32. The van der Waals surface area contributed by atoms with Gasteiger partial charge < -0.3 is 0 Å². The number of aromatic nitrogens is 2. The maximum Gasteiger partial charge on any atom is 0.266 e. The van der Waals surface area contributed by atoms with Crippen LogP contribution in [0.2, 0.25) is 0 Å². The molecule has 4 heterocycles. The van der Waals surface area contributed by atoms with E-state index in [1.807, 2.05) is 44.2 Å². The SMILES string of the molecule is CC(C)C1NC2(c3ccccc3-n3c2nc2ccccc2c3=O)C2C(=O)N(c3ccccc3F)C(=O)C12. The summed E-state index contributed by atoms with van der Waals surface area (Å²) in [6.07, 6.45) is 0. The van der Waals surface area contributed by atoms with Crippen LogP contribution < -0.4 is 15.8 Å². The number of imide groups is 1. The molecule has 4 atom stereocenters. The molecule has 1 N–H and O–H groups in total. The number of anilines is 1. The zero-order valence-electron chi connectivity index (χ0n) is 20.2. The van der Waals surface area contributed by atoms with Crippen molar-refractivity contribution in [3.63, 3.8) is 0 Å². The van der Waals surface area contributed by atoms with Crippen molar-refractivity contribution in [3.8, 4) is 5.69 Å². The van der Waals surface area contributed by atoms with Crippen molar-refractivity contribution in [2.75, 3.05) is 4.90 Å². The smallest absolute Gasteiger partial charge is 0.266 e. The predicted molar refractivity (Wildman–Crippen MR) is 136 cm³/mol. The Morgan fingerprint density at radius 1 is 0.892 bits per heavy atom. The van der Waals surface area contributed by atoms with Gasteiger partial charge in [-0.25, -0.2) is 14.3 Å². The van der Waals surface area contributed by atoms with Gasteiger partial charge in [-0.15, -0.1) is 0 Å². The number of para-hydroxylation sites is 3. The van der Waals surface area contributed by atoms with Gasteiger partial charge in [0.25, 0.3) is 5.56 Å². The van der Waals surface area contributed by atoms with E-state index in [1.54, 1.807) is 28.8 Å². The predicted octanol–water partition coefficient (Wildman–Crippen LogP) is 3.52. The van der Waals surface area contributed by atoms with Crippen molar-refractivity contribution >= 4 is 28.4 Å². The average molecular weight is 495 g/mol. The number of fused-ring (bicyclic) bond motifs is 8. The number of nitrogens with one attached hydrogen (secondary N) is 1. The normalized spacial score (nSPS) is 25.8. The number of benzene rings is 3. The van der Waals surface area contributed by atoms with E-state index in [4.69, 9.17) is 4.98 Å². The molecule has 184 valence electrons. The zero-order chi connectivity index (χ0) is 25.6. The van der Waals surface area contributed by atoms with Gasteiger partial charge in [0.05, 0.1) is 34.1 Å². The largest absolute Gasteiger partial charge is 0.296 e. The molecule has 3 aromatic carbocycles. The Labute approximate surface area is 211 Å². The van der Waals surface area contributed by atoms with Crippen molar-refractivity contribution in [1.82, 2.24) is 14.9 Å². The Hall–Kier alpha value is -4.17. The van der Waals surface area contributed by atoms with Gasteiger partial charge in [-0.1, -0.05) is 56.3 Å². The molecule has 4 unspecified atom stereocenters. The molecular weight excluding hydrogens is 471 g/mol. The highest BCUT2D eigenvalue weighted by molar-refractivity contribution is 6.23. The fourth-order valence-corrected chi connectivity index (χ4v) is 6.59. The molecule has 0 radical (unpaired) electrons. The van der Waals surface area contributed by atoms with Crippen molar-refractivity contribution < 1.29 is 14.0 Å². The fraction of sp³-hybridized carbons (Fsp3) is 0.241. The quantitative estimate of drug-likeness (QED) is 0.431. The minimum atomic E-state index is -1.23. The first-order valence-corrected chi connectivity index (χ1v) is 12.4. The number of hydrogen-bond donors (Lipinski definition) is 1. The highest BCUT2D eigenvalue weighted by Crippen LogP contribution is 2.56. The van der Waals surface area contributed by atoms with E-state index in [0.29, 0.717) is 28.0 Å². The van der Waals surface area contributed by atoms with E-state index in [-0.39, 0.29) is 17.2 Å². The summed E-state index contributed by atoms with van der Waals surface area (Å²) in [5.74, 6) is -2.89. The number of amides is 2. The zero-order valence-corrected chi connectivity index (χ0v) is 20.2. The minimum Gasteiger partial charge on any atom is -0.296 e. The number of nitrogens with zero attached hydrogens (tertiary/aromatic N) is 3. The Bertz CT molecular complexity index is 1710. The summed E-state index contributed by atoms with van der Waals surface area (Å²) < 4.78 is 16.4. The van der Waals surface area contributed by atoms with Crippen LogP contribution in [0.15, 0.2) is 77.6 Å². The molecule has 2 amide bonds. The van der Waals surface area contributed by atoms with Crippen LogP contribution in [0, 0.1) is 23.6 Å². The Kier molecular flexibility index (Phi) is 4.43. The van der Waals surface area contributed by atoms with Crippen LogP contribution in [0.1, 0.15) is 25.2 Å². The first-order valence-electron chi connectivity index (χ1n) is 12.4. The first-order chi connectivity index (χ1) is 17.9. The minimum absolute atomic E-state index is 0.0300. The molecule has 3 aliphatic rings. The van der Waals surface area contributed by atoms with Gasteiger partial charge in [0.2, 0.25) is 11.8 Å². The second-order valence-electron chi connectivity index (χ2n) is 10.3. The molecule has 0 saturated carbocycles. The number of hydrogen-bond acceptors (Lipinski definition) is 5. The van der Waals surface area contributed by atoms with E-state index in [2.05, 4.69) is 5.32 Å². The van der Waals surface area contributed by atoms with E-state index < -0.39 is 41.0 Å². The van der Waals surface area contributed by atoms with Gasteiger partial charge in [0.1, 0.15) is 17.2 Å². The molecule has 1 aromatic heterocycles. The molecule has 0 bridgehead atoms. The Morgan fingerprint density at radius 2 is 1.57 bits per heavy atom. The molecule has 7 nitrogen and oxygen atoms in total. The van der Waals surface area contributed by atoms with Crippen LogP contribution in [-0.2, 0) is 15.1 Å². The molecular formula is C29H23FN4O3. The molecule has 0 aliphatic carbocycles. The molecule has 3 aliphatic heterocycles. The van der Waals surface area contributed by atoms with E-state index in [9.17, 15) is 18.8 Å². The van der Waals surface area contributed by atoms with Crippen LogP contribution in [0.4, 0.5) is 10.1 Å². The lowest BCUT2D eigenvalue weighted by molar-refractivity contribution is -0.123. The summed E-state index contributed by atoms with van der Waals surface area (Å²) in [7, 11) is 0. The molecule has 1 spiro atoms. The lowest BCUT2D eigenvalue weighted by Crippen LogP contribution is -2.51. The van der Waals surface area contributed by atoms with Gasteiger partial charge in [-0.2, -0.15) is 0 Å². The maximum absolute atomic E-state index is 14.9. The van der Waals surface area contributed by atoms with E-state index in [0.717, 1.165) is 4.90 Å². The van der Waals surface area contributed by atoms with Gasteiger partial charge in [-0.3, -0.25) is 24.3 Å². The van der Waals surface area contributed by atoms with Crippen molar-refractivity contribution in [1.29, 1.82) is 0 Å². The average Bonchev–Trinajstić information content (AvgIpc) is 3.49. The maximum atomic E-state index is 14.9. The van der Waals surface area contributed by atoms with Crippen molar-refractivity contribution in [3.05, 3.63) is 100 Å². The number of rotatable bonds is 2. The summed E-state index contributed by atoms with van der Waals surface area (Å²) >= 11 is 0. The molecule has 2 saturated heterocycles. The topological polar surface area (TPSA) is 84.3 Å². The molecule has 37 heavy (non-hydrogen) atoms. The molecule has 2 fully saturated rings. The molecule has 8 heteroatoms. The monoisotopic (exact) mass is 494 g/mol. The summed E-state index contributed by atoms with van der Waals surface area (Å²) in [5, 5.41) is 4.10. The van der Waals surface area contributed by atoms with E-state index >= 15 is 0 Å². The van der Waals surface area contributed by atoms with Crippen LogP contribution in [0.25, 0.3) is 16.6 Å². The van der Waals surface area contributed by atoms with E-state index in [1.165, 1.54) is 18.2 Å². The van der Waals surface area contributed by atoms with Crippen molar-refractivity contribution in [2.45, 2.75) is 25.4 Å².